The summed E-state index contributed by atoms with van der Waals surface area (Å²) < 4.78 is 13.4. The zero-order valence-electron chi connectivity index (χ0n) is 87.6. The maximum atomic E-state index is 6.69. The first kappa shape index (κ1) is 94.6. The SMILES string of the molecule is CCC(CC(C)c1ccc(Oc2ccc(C3(c4cc(C)cc(C)c4)c4ccccc4-c4ccc(N(c5ccc(-c6ccccc6)cc5)c5ccc6c(c5)C(C)(C)c5ccccc5-6)cc43)cc2)cc1)c1ccc2c(c1)CC2.CCC(CC(C)c1ccc(Oc2ccc(C3(c4ccccc4)c4ccccc4-c4ccc(N(c5ccc(-c6ccccc6)cc5)c5ccc6c(c5)C(C)(C)c5ccccc5-6)cc43)cc2)cc1)c1ccc2c(c1)CC2. The van der Waals surface area contributed by atoms with Crippen LogP contribution in [-0.2, 0) is 47.3 Å². The Kier molecular flexibility index (Phi) is 24.4. The molecule has 0 amide bonds. The van der Waals surface area contributed by atoms with Gasteiger partial charge in [0, 0.05) is 45.0 Å². The Morgan fingerprint density at radius 2 is 0.507 bits per heavy atom. The van der Waals surface area contributed by atoms with Crippen LogP contribution >= 0.6 is 0 Å². The van der Waals surface area contributed by atoms with E-state index >= 15 is 0 Å². The average molecular weight is 1940 g/mol. The minimum atomic E-state index is -0.629. The summed E-state index contributed by atoms with van der Waals surface area (Å²) in [6.07, 6.45) is 9.49. The number of rotatable bonds is 26. The molecule has 6 atom stereocenters. The lowest BCUT2D eigenvalue weighted by atomic mass is 9.67. The van der Waals surface area contributed by atoms with E-state index in [0.29, 0.717) is 23.7 Å². The molecule has 0 saturated heterocycles. The highest BCUT2D eigenvalue weighted by Crippen LogP contribution is 2.62. The van der Waals surface area contributed by atoms with Gasteiger partial charge in [0.1, 0.15) is 23.0 Å². The van der Waals surface area contributed by atoms with Crippen molar-refractivity contribution in [3.63, 3.8) is 0 Å². The normalized spacial score (nSPS) is 16.1. The molecule has 0 heterocycles. The number of ether oxygens (including phenoxy) is 2. The number of anilines is 6. The minimum Gasteiger partial charge on any atom is -0.457 e. The quantitative estimate of drug-likeness (QED) is 0.0539. The summed E-state index contributed by atoms with van der Waals surface area (Å²) in [4.78, 5) is 4.94. The van der Waals surface area contributed by atoms with Crippen LogP contribution < -0.4 is 19.3 Å². The molecule has 20 aromatic rings. The van der Waals surface area contributed by atoms with Crippen LogP contribution in [0.3, 0.4) is 0 Å². The van der Waals surface area contributed by atoms with Crippen LogP contribution in [0.5, 0.6) is 23.0 Å². The van der Waals surface area contributed by atoms with Crippen LogP contribution in [0.1, 0.15) is 227 Å². The predicted molar refractivity (Wildman–Crippen MR) is 625 cm³/mol. The lowest BCUT2D eigenvalue weighted by Crippen LogP contribution is -2.29. The topological polar surface area (TPSA) is 24.9 Å². The van der Waals surface area contributed by atoms with Crippen molar-refractivity contribution in [2.75, 3.05) is 9.80 Å². The van der Waals surface area contributed by atoms with Crippen LogP contribution in [0.15, 0.2) is 461 Å². The van der Waals surface area contributed by atoms with Crippen molar-refractivity contribution in [1.82, 2.24) is 0 Å². The van der Waals surface area contributed by atoms with E-state index in [0.717, 1.165) is 82.8 Å². The van der Waals surface area contributed by atoms with Gasteiger partial charge in [-0.25, -0.2) is 0 Å². The molecule has 0 spiro atoms. The average Bonchev–Trinajstić information content (AvgIpc) is 1.53. The second-order valence-electron chi connectivity index (χ2n) is 44.0. The molecule has 732 valence electrons. The molecule has 0 aliphatic heterocycles. The van der Waals surface area contributed by atoms with Crippen LogP contribution in [0.25, 0.3) is 66.8 Å². The molecule has 0 bridgehead atoms. The van der Waals surface area contributed by atoms with Crippen molar-refractivity contribution in [2.24, 2.45) is 0 Å². The molecular formula is C146H126N2O2. The van der Waals surface area contributed by atoms with E-state index in [1.54, 1.807) is 11.1 Å². The van der Waals surface area contributed by atoms with Gasteiger partial charge < -0.3 is 19.3 Å². The monoisotopic (exact) mass is 1940 g/mol. The van der Waals surface area contributed by atoms with Crippen molar-refractivity contribution in [3.05, 3.63) is 583 Å². The number of fused-ring (bicyclic) bond motifs is 14. The van der Waals surface area contributed by atoms with Gasteiger partial charge in [-0.05, 0) is 388 Å². The van der Waals surface area contributed by atoms with Gasteiger partial charge in [-0.15, -0.1) is 0 Å². The maximum Gasteiger partial charge on any atom is 0.127 e. The number of hydrogen-bond donors (Lipinski definition) is 0. The Bertz CT molecular complexity index is 8470. The summed E-state index contributed by atoms with van der Waals surface area (Å²) >= 11 is 0. The predicted octanol–water partition coefficient (Wildman–Crippen LogP) is 38.8. The van der Waals surface area contributed by atoms with Gasteiger partial charge in [-0.1, -0.05) is 406 Å². The first-order valence-corrected chi connectivity index (χ1v) is 54.4. The molecule has 150 heavy (non-hydrogen) atoms. The van der Waals surface area contributed by atoms with E-state index in [2.05, 4.69) is 540 Å². The van der Waals surface area contributed by atoms with Gasteiger partial charge in [-0.2, -0.15) is 0 Å². The Morgan fingerprint density at radius 1 is 0.227 bits per heavy atom. The molecule has 20 aromatic carbocycles. The second-order valence-corrected chi connectivity index (χ2v) is 44.0. The first-order chi connectivity index (χ1) is 73.3. The van der Waals surface area contributed by atoms with E-state index in [-0.39, 0.29) is 10.8 Å². The van der Waals surface area contributed by atoms with Gasteiger partial charge in [-0.3, -0.25) is 0 Å². The summed E-state index contributed by atoms with van der Waals surface area (Å²) in [6, 6.07) is 172. The second kappa shape index (κ2) is 38.7. The molecular weight excluding hydrogens is 1810 g/mol. The summed E-state index contributed by atoms with van der Waals surface area (Å²) in [7, 11) is 0. The van der Waals surface area contributed by atoms with Crippen LogP contribution in [0.2, 0.25) is 0 Å². The molecule has 26 rings (SSSR count). The third-order valence-electron chi connectivity index (χ3n) is 34.5. The minimum absolute atomic E-state index is 0.147. The Morgan fingerprint density at radius 3 is 0.860 bits per heavy atom. The summed E-state index contributed by atoms with van der Waals surface area (Å²) in [5.41, 5.74) is 50.0. The fourth-order valence-corrected chi connectivity index (χ4v) is 26.4. The molecule has 6 aliphatic carbocycles. The highest BCUT2D eigenvalue weighted by molar-refractivity contribution is 5.95. The lowest BCUT2D eigenvalue weighted by molar-refractivity contribution is 0.481. The van der Waals surface area contributed by atoms with Crippen molar-refractivity contribution in [2.45, 2.75) is 166 Å². The van der Waals surface area contributed by atoms with Gasteiger partial charge >= 0.3 is 0 Å². The molecule has 6 aliphatic rings. The highest BCUT2D eigenvalue weighted by atomic mass is 16.5. The van der Waals surface area contributed by atoms with Crippen molar-refractivity contribution in [3.8, 4) is 89.8 Å². The van der Waals surface area contributed by atoms with Gasteiger partial charge in [0.25, 0.3) is 0 Å². The first-order valence-electron chi connectivity index (χ1n) is 54.4. The zero-order valence-corrected chi connectivity index (χ0v) is 87.6. The summed E-state index contributed by atoms with van der Waals surface area (Å²) in [5.74, 6) is 5.32. The number of benzene rings is 20. The largest absolute Gasteiger partial charge is 0.457 e. The van der Waals surface area contributed by atoms with Crippen LogP contribution in [0, 0.1) is 13.8 Å². The molecule has 6 unspecified atom stereocenters. The molecule has 0 saturated carbocycles. The number of aryl methyl sites for hydroxylation is 6. The van der Waals surface area contributed by atoms with Gasteiger partial charge in [0.05, 0.1) is 10.8 Å². The fraction of sp³-hybridized carbons (Fsp3) is 0.178. The molecule has 4 nitrogen and oxygen atoms in total. The molecule has 0 N–H and O–H groups in total. The third kappa shape index (κ3) is 16.6. The molecule has 4 heteroatoms. The third-order valence-corrected chi connectivity index (χ3v) is 34.5. The lowest BCUT2D eigenvalue weighted by Gasteiger charge is -2.35. The van der Waals surface area contributed by atoms with Crippen LogP contribution in [-0.4, -0.2) is 0 Å². The van der Waals surface area contributed by atoms with E-state index in [1.807, 2.05) is 0 Å². The van der Waals surface area contributed by atoms with Gasteiger partial charge in [0.15, 0.2) is 0 Å². The Balaban J connectivity index is 0.000000155. The number of hydrogen-bond acceptors (Lipinski definition) is 4. The molecule has 0 radical (unpaired) electrons. The highest BCUT2D eigenvalue weighted by Gasteiger charge is 2.50. The van der Waals surface area contributed by atoms with E-state index in [1.165, 1.54) is 204 Å². The van der Waals surface area contributed by atoms with E-state index in [9.17, 15) is 0 Å². The molecule has 0 fully saturated rings. The summed E-state index contributed by atoms with van der Waals surface area (Å²) in [5, 5.41) is 0. The number of nitrogens with zero attached hydrogens (tertiary/aromatic N) is 2. The smallest absolute Gasteiger partial charge is 0.127 e. The standard InChI is InChI=1S/C74H65NO.C72H61NO/c1-7-51(56-23-21-55-22-24-57(55)45-56)44-50(4)52-27-35-63(36-28-52)76-64-37-29-58(30-38-64)74(59-42-48(2)41-49(3)43-59)70-20-14-12-18-66(70)68-40-34-62(47-72(68)74)75(60-31-25-54(26-32-60)53-15-9-8-10-16-53)61-33-39-67-65-17-11-13-19-69(65)73(5,6)71(67)46-61;1-5-49(54-26-24-53-25-27-55(53)45-54)44-48(2)50-30-38-61(39-31-50)74-62-40-32-57(33-41-62)72(56-18-10-7-11-19-56)68-23-15-13-21-64(68)66-43-37-60(47-70(66)72)73(58-34-28-52(29-35-58)51-16-8-6-9-17-51)59-36-42-65-63-20-12-14-22-67(63)71(3,4)69(65)46-59/h8-21,23,25-43,45-47,50-51H,7,22,24,44H2,1-6H3;6-24,26,28-43,45-49H,5,25,27,44H2,1-4H3. The van der Waals surface area contributed by atoms with Gasteiger partial charge in [0.2, 0.25) is 0 Å². The van der Waals surface area contributed by atoms with E-state index < -0.39 is 10.8 Å². The maximum absolute atomic E-state index is 6.69. The van der Waals surface area contributed by atoms with Crippen molar-refractivity contribution < 1.29 is 9.47 Å². The Labute approximate surface area is 886 Å². The Hall–Kier alpha value is -16.4. The van der Waals surface area contributed by atoms with Crippen LogP contribution in [0.4, 0.5) is 34.1 Å². The zero-order chi connectivity index (χ0) is 102. The van der Waals surface area contributed by atoms with Crippen molar-refractivity contribution >= 4 is 34.1 Å². The van der Waals surface area contributed by atoms with Crippen molar-refractivity contribution in [1.29, 1.82) is 0 Å². The molecule has 0 aromatic heterocycles. The van der Waals surface area contributed by atoms with E-state index in [4.69, 9.17) is 9.47 Å². The fourth-order valence-electron chi connectivity index (χ4n) is 26.4. The summed E-state index contributed by atoms with van der Waals surface area (Å²) in [6.45, 7) is 23.4.